The van der Waals surface area contributed by atoms with Gasteiger partial charge in [0, 0.05) is 12.3 Å². The minimum Gasteiger partial charge on any atom is -0.357 e. The molecule has 1 atom stereocenters. The molecule has 0 amide bonds. The zero-order valence-electron chi connectivity index (χ0n) is 12.4. The van der Waals surface area contributed by atoms with Crippen LogP contribution in [0, 0.1) is 12.7 Å². The molecule has 1 unspecified atom stereocenters. The second-order valence-electron chi connectivity index (χ2n) is 5.01. The Bertz CT molecular complexity index is 790. The highest BCUT2D eigenvalue weighted by molar-refractivity contribution is 6.29. The Morgan fingerprint density at radius 3 is 2.65 bits per heavy atom. The highest BCUT2D eigenvalue weighted by Gasteiger charge is 2.17. The summed E-state index contributed by atoms with van der Waals surface area (Å²) >= 11 is 5.98. The van der Waals surface area contributed by atoms with E-state index in [-0.39, 0.29) is 11.9 Å². The summed E-state index contributed by atoms with van der Waals surface area (Å²) < 4.78 is 13.6. The highest BCUT2D eigenvalue weighted by atomic mass is 35.5. The molecular weight excluding hydrogens is 315 g/mol. The zero-order valence-corrected chi connectivity index (χ0v) is 13.1. The van der Waals surface area contributed by atoms with Gasteiger partial charge in [0.25, 0.3) is 0 Å². The summed E-state index contributed by atoms with van der Waals surface area (Å²) in [6, 6.07) is 13.3. The number of benzene rings is 1. The third-order valence-electron chi connectivity index (χ3n) is 3.26. The van der Waals surface area contributed by atoms with Gasteiger partial charge in [-0.1, -0.05) is 29.8 Å². The standard InChI is InChI=1S/C17H14ClFN4/c1-11-21-15(18)10-16(22-11)23-17(14-7-2-3-8-20-14)12-5-4-6-13(19)9-12/h2-10,17H,1H3,(H,21,22,23). The molecule has 0 aliphatic carbocycles. The predicted octanol–water partition coefficient (Wildman–Crippen LogP) is 4.17. The number of anilines is 1. The van der Waals surface area contributed by atoms with Crippen LogP contribution < -0.4 is 5.32 Å². The molecule has 0 saturated carbocycles. The summed E-state index contributed by atoms with van der Waals surface area (Å²) in [7, 11) is 0. The normalized spacial score (nSPS) is 12.0. The second kappa shape index (κ2) is 6.71. The van der Waals surface area contributed by atoms with Crippen LogP contribution in [-0.4, -0.2) is 15.0 Å². The van der Waals surface area contributed by atoms with Crippen LogP contribution in [-0.2, 0) is 0 Å². The summed E-state index contributed by atoms with van der Waals surface area (Å²) in [6.07, 6.45) is 1.70. The van der Waals surface area contributed by atoms with Crippen molar-refractivity contribution in [1.29, 1.82) is 0 Å². The maximum atomic E-state index is 13.6. The fourth-order valence-electron chi connectivity index (χ4n) is 2.31. The van der Waals surface area contributed by atoms with E-state index in [0.717, 1.165) is 11.3 Å². The van der Waals surface area contributed by atoms with Crippen LogP contribution in [0.5, 0.6) is 0 Å². The highest BCUT2D eigenvalue weighted by Crippen LogP contribution is 2.26. The van der Waals surface area contributed by atoms with Crippen molar-refractivity contribution in [3.63, 3.8) is 0 Å². The van der Waals surface area contributed by atoms with E-state index < -0.39 is 0 Å². The van der Waals surface area contributed by atoms with Gasteiger partial charge in [-0.05, 0) is 36.8 Å². The second-order valence-corrected chi connectivity index (χ2v) is 5.40. The minimum atomic E-state index is -0.350. The van der Waals surface area contributed by atoms with Crippen LogP contribution in [0.1, 0.15) is 23.1 Å². The van der Waals surface area contributed by atoms with Crippen molar-refractivity contribution in [2.75, 3.05) is 5.32 Å². The molecule has 3 rings (SSSR count). The monoisotopic (exact) mass is 328 g/mol. The number of nitrogens with zero attached hydrogens (tertiary/aromatic N) is 3. The molecule has 116 valence electrons. The molecule has 0 bridgehead atoms. The van der Waals surface area contributed by atoms with Crippen LogP contribution in [0.3, 0.4) is 0 Å². The van der Waals surface area contributed by atoms with Gasteiger partial charge >= 0.3 is 0 Å². The van der Waals surface area contributed by atoms with E-state index in [2.05, 4.69) is 20.3 Å². The number of hydrogen-bond acceptors (Lipinski definition) is 4. The quantitative estimate of drug-likeness (QED) is 0.730. The van der Waals surface area contributed by atoms with Crippen LogP contribution in [0.4, 0.5) is 10.2 Å². The first-order valence-electron chi connectivity index (χ1n) is 7.06. The number of aromatic nitrogens is 3. The van der Waals surface area contributed by atoms with Gasteiger partial charge in [0.2, 0.25) is 0 Å². The van der Waals surface area contributed by atoms with Crippen molar-refractivity contribution < 1.29 is 4.39 Å². The summed E-state index contributed by atoms with van der Waals surface area (Å²) in [6.45, 7) is 1.76. The van der Waals surface area contributed by atoms with E-state index in [9.17, 15) is 4.39 Å². The average molecular weight is 329 g/mol. The molecule has 0 aliphatic heterocycles. The molecule has 4 nitrogen and oxygen atoms in total. The van der Waals surface area contributed by atoms with Crippen LogP contribution in [0.2, 0.25) is 5.15 Å². The third kappa shape index (κ3) is 3.81. The van der Waals surface area contributed by atoms with Crippen molar-refractivity contribution in [2.45, 2.75) is 13.0 Å². The smallest absolute Gasteiger partial charge is 0.134 e. The van der Waals surface area contributed by atoms with E-state index in [1.54, 1.807) is 25.3 Å². The lowest BCUT2D eigenvalue weighted by molar-refractivity contribution is 0.624. The summed E-state index contributed by atoms with van der Waals surface area (Å²) in [5, 5.41) is 3.60. The van der Waals surface area contributed by atoms with E-state index >= 15 is 0 Å². The van der Waals surface area contributed by atoms with Crippen molar-refractivity contribution in [3.05, 3.63) is 82.8 Å². The lowest BCUT2D eigenvalue weighted by Crippen LogP contribution is -2.15. The van der Waals surface area contributed by atoms with Crippen molar-refractivity contribution >= 4 is 17.4 Å². The number of hydrogen-bond donors (Lipinski definition) is 1. The molecule has 6 heteroatoms. The summed E-state index contributed by atoms with van der Waals surface area (Å²) in [5.41, 5.74) is 1.50. The minimum absolute atomic E-state index is 0.304. The number of aryl methyl sites for hydroxylation is 1. The lowest BCUT2D eigenvalue weighted by atomic mass is 10.0. The Morgan fingerprint density at radius 2 is 1.96 bits per heavy atom. The Kier molecular flexibility index (Phi) is 4.48. The van der Waals surface area contributed by atoms with Crippen molar-refractivity contribution in [1.82, 2.24) is 15.0 Å². The molecule has 1 N–H and O–H groups in total. The van der Waals surface area contributed by atoms with Gasteiger partial charge in [-0.25, -0.2) is 14.4 Å². The first-order chi connectivity index (χ1) is 11.1. The van der Waals surface area contributed by atoms with Gasteiger partial charge in [0.15, 0.2) is 0 Å². The molecule has 0 fully saturated rings. The maximum absolute atomic E-state index is 13.6. The zero-order chi connectivity index (χ0) is 16.2. The van der Waals surface area contributed by atoms with Crippen molar-refractivity contribution in [2.24, 2.45) is 0 Å². The first-order valence-corrected chi connectivity index (χ1v) is 7.44. The summed E-state index contributed by atoms with van der Waals surface area (Å²) in [4.78, 5) is 12.7. The molecule has 1 aromatic carbocycles. The van der Waals surface area contributed by atoms with Gasteiger partial charge in [-0.3, -0.25) is 4.98 Å². The molecule has 3 aromatic rings. The predicted molar refractivity (Wildman–Crippen MR) is 87.9 cm³/mol. The van der Waals surface area contributed by atoms with Crippen LogP contribution in [0.15, 0.2) is 54.7 Å². The van der Waals surface area contributed by atoms with Crippen LogP contribution >= 0.6 is 11.6 Å². The topological polar surface area (TPSA) is 50.7 Å². The molecule has 0 radical (unpaired) electrons. The molecule has 0 saturated heterocycles. The Hall–Kier alpha value is -2.53. The molecular formula is C17H14ClFN4. The van der Waals surface area contributed by atoms with Gasteiger partial charge in [-0.15, -0.1) is 0 Å². The van der Waals surface area contributed by atoms with E-state index in [1.807, 2.05) is 24.3 Å². The third-order valence-corrected chi connectivity index (χ3v) is 3.46. The largest absolute Gasteiger partial charge is 0.357 e. The SMILES string of the molecule is Cc1nc(Cl)cc(NC(c2cccc(F)c2)c2ccccn2)n1. The summed E-state index contributed by atoms with van der Waals surface area (Å²) in [5.74, 6) is 0.809. The average Bonchev–Trinajstić information content (AvgIpc) is 2.52. The van der Waals surface area contributed by atoms with E-state index in [1.165, 1.54) is 12.1 Å². The number of nitrogens with one attached hydrogen (secondary N) is 1. The molecule has 2 heterocycles. The van der Waals surface area contributed by atoms with E-state index in [4.69, 9.17) is 11.6 Å². The van der Waals surface area contributed by atoms with Gasteiger partial charge in [-0.2, -0.15) is 0 Å². The Labute approximate surface area is 138 Å². The molecule has 23 heavy (non-hydrogen) atoms. The van der Waals surface area contributed by atoms with Crippen molar-refractivity contribution in [3.8, 4) is 0 Å². The Morgan fingerprint density at radius 1 is 1.09 bits per heavy atom. The van der Waals surface area contributed by atoms with Crippen LogP contribution in [0.25, 0.3) is 0 Å². The molecule has 0 spiro atoms. The van der Waals surface area contributed by atoms with E-state index in [0.29, 0.717) is 16.8 Å². The number of rotatable bonds is 4. The fourth-order valence-corrected chi connectivity index (χ4v) is 2.54. The maximum Gasteiger partial charge on any atom is 0.134 e. The van der Waals surface area contributed by atoms with Gasteiger partial charge in [0.05, 0.1) is 11.7 Å². The molecule has 0 aliphatic rings. The van der Waals surface area contributed by atoms with Gasteiger partial charge < -0.3 is 5.32 Å². The Balaban J connectivity index is 2.02. The number of halogens is 2. The number of pyridine rings is 1. The first kappa shape index (κ1) is 15.4. The molecule has 2 aromatic heterocycles. The van der Waals surface area contributed by atoms with Gasteiger partial charge in [0.1, 0.15) is 22.6 Å². The fraction of sp³-hybridized carbons (Fsp3) is 0.118. The lowest BCUT2D eigenvalue weighted by Gasteiger charge is -2.19.